The molecule has 0 radical (unpaired) electrons. The SMILES string of the molecule is CCCOCCCNC1CCc2c(O)cccc21. The highest BCUT2D eigenvalue weighted by Crippen LogP contribution is 2.35. The van der Waals surface area contributed by atoms with E-state index < -0.39 is 0 Å². The van der Waals surface area contributed by atoms with Crippen LogP contribution in [0.3, 0.4) is 0 Å². The molecule has 0 spiro atoms. The zero-order valence-corrected chi connectivity index (χ0v) is 11.1. The highest BCUT2D eigenvalue weighted by Gasteiger charge is 2.23. The second-order valence-corrected chi connectivity index (χ2v) is 4.86. The van der Waals surface area contributed by atoms with Gasteiger partial charge in [-0.25, -0.2) is 0 Å². The molecule has 1 aliphatic rings. The third-order valence-electron chi connectivity index (χ3n) is 3.45. The Balaban J connectivity index is 1.75. The molecule has 2 N–H and O–H groups in total. The van der Waals surface area contributed by atoms with Gasteiger partial charge in [0.2, 0.25) is 0 Å². The topological polar surface area (TPSA) is 41.5 Å². The lowest BCUT2D eigenvalue weighted by atomic mass is 10.1. The molecule has 0 amide bonds. The normalized spacial score (nSPS) is 17.9. The quantitative estimate of drug-likeness (QED) is 0.730. The van der Waals surface area contributed by atoms with E-state index >= 15 is 0 Å². The minimum atomic E-state index is 0.401. The van der Waals surface area contributed by atoms with E-state index in [-0.39, 0.29) is 0 Å². The van der Waals surface area contributed by atoms with Crippen LogP contribution in [-0.2, 0) is 11.2 Å². The van der Waals surface area contributed by atoms with Gasteiger partial charge in [0.25, 0.3) is 0 Å². The van der Waals surface area contributed by atoms with Gasteiger partial charge in [-0.3, -0.25) is 0 Å². The second-order valence-electron chi connectivity index (χ2n) is 4.86. The standard InChI is InChI=1S/C15H23NO2/c1-2-10-18-11-4-9-16-14-8-7-13-12(14)5-3-6-15(13)17/h3,5-6,14,16-17H,2,4,7-11H2,1H3. The van der Waals surface area contributed by atoms with Crippen molar-refractivity contribution in [3.05, 3.63) is 29.3 Å². The van der Waals surface area contributed by atoms with Crippen molar-refractivity contribution >= 4 is 0 Å². The molecule has 0 saturated carbocycles. The van der Waals surface area contributed by atoms with Crippen molar-refractivity contribution in [3.63, 3.8) is 0 Å². The van der Waals surface area contributed by atoms with E-state index in [4.69, 9.17) is 4.74 Å². The predicted octanol–water partition coefficient (Wildman–Crippen LogP) is 2.79. The summed E-state index contributed by atoms with van der Waals surface area (Å²) in [5.41, 5.74) is 2.39. The number of rotatable bonds is 7. The lowest BCUT2D eigenvalue weighted by Crippen LogP contribution is -2.21. The summed E-state index contributed by atoms with van der Waals surface area (Å²) in [6.45, 7) is 4.80. The van der Waals surface area contributed by atoms with E-state index in [0.717, 1.165) is 51.0 Å². The van der Waals surface area contributed by atoms with Crippen molar-refractivity contribution in [3.8, 4) is 5.75 Å². The highest BCUT2D eigenvalue weighted by molar-refractivity contribution is 5.44. The first-order chi connectivity index (χ1) is 8.83. The van der Waals surface area contributed by atoms with Crippen molar-refractivity contribution in [2.75, 3.05) is 19.8 Å². The monoisotopic (exact) mass is 249 g/mol. The Kier molecular flexibility index (Phi) is 5.02. The van der Waals surface area contributed by atoms with Crippen molar-refractivity contribution in [1.29, 1.82) is 0 Å². The van der Waals surface area contributed by atoms with Gasteiger partial charge in [-0.2, -0.15) is 0 Å². The number of phenols is 1. The zero-order chi connectivity index (χ0) is 12.8. The Morgan fingerprint density at radius 3 is 3.11 bits per heavy atom. The van der Waals surface area contributed by atoms with Crippen molar-refractivity contribution in [2.24, 2.45) is 0 Å². The molecule has 1 aromatic carbocycles. The molecule has 18 heavy (non-hydrogen) atoms. The van der Waals surface area contributed by atoms with Crippen LogP contribution in [-0.4, -0.2) is 24.9 Å². The van der Waals surface area contributed by atoms with Crippen molar-refractivity contribution in [1.82, 2.24) is 5.32 Å². The fourth-order valence-electron chi connectivity index (χ4n) is 2.54. The van der Waals surface area contributed by atoms with E-state index in [1.54, 1.807) is 6.07 Å². The Morgan fingerprint density at radius 1 is 1.39 bits per heavy atom. The highest BCUT2D eigenvalue weighted by atomic mass is 16.5. The van der Waals surface area contributed by atoms with E-state index in [2.05, 4.69) is 18.3 Å². The number of ether oxygens (including phenoxy) is 1. The third-order valence-corrected chi connectivity index (χ3v) is 3.45. The molecule has 0 aromatic heterocycles. The number of nitrogens with one attached hydrogen (secondary N) is 1. The number of aromatic hydroxyl groups is 1. The summed E-state index contributed by atoms with van der Waals surface area (Å²) < 4.78 is 5.46. The Hall–Kier alpha value is -1.06. The van der Waals surface area contributed by atoms with Crippen LogP contribution in [0.5, 0.6) is 5.75 Å². The number of benzene rings is 1. The number of fused-ring (bicyclic) bond motifs is 1. The maximum Gasteiger partial charge on any atom is 0.119 e. The van der Waals surface area contributed by atoms with Crippen molar-refractivity contribution < 1.29 is 9.84 Å². The van der Waals surface area contributed by atoms with Crippen LogP contribution >= 0.6 is 0 Å². The van der Waals surface area contributed by atoms with E-state index in [9.17, 15) is 5.11 Å². The van der Waals surface area contributed by atoms with E-state index in [1.165, 1.54) is 5.56 Å². The maximum absolute atomic E-state index is 9.77. The van der Waals surface area contributed by atoms with Crippen LogP contribution in [0.1, 0.15) is 43.4 Å². The van der Waals surface area contributed by atoms with E-state index in [0.29, 0.717) is 11.8 Å². The van der Waals surface area contributed by atoms with Gasteiger partial charge in [0.15, 0.2) is 0 Å². The minimum Gasteiger partial charge on any atom is -0.508 e. The molecule has 2 rings (SSSR count). The minimum absolute atomic E-state index is 0.401. The lowest BCUT2D eigenvalue weighted by Gasteiger charge is -2.14. The summed E-state index contributed by atoms with van der Waals surface area (Å²) in [5.74, 6) is 0.447. The number of hydrogen-bond acceptors (Lipinski definition) is 3. The van der Waals surface area contributed by atoms with Crippen LogP contribution in [0.25, 0.3) is 0 Å². The summed E-state index contributed by atoms with van der Waals surface area (Å²) in [4.78, 5) is 0. The van der Waals surface area contributed by atoms with Crippen LogP contribution < -0.4 is 5.32 Å². The zero-order valence-electron chi connectivity index (χ0n) is 11.1. The summed E-state index contributed by atoms with van der Waals surface area (Å²) in [5, 5.41) is 13.3. The summed E-state index contributed by atoms with van der Waals surface area (Å²) in [7, 11) is 0. The molecule has 1 atom stereocenters. The van der Waals surface area contributed by atoms with Gasteiger partial charge in [0.05, 0.1) is 0 Å². The first-order valence-corrected chi connectivity index (χ1v) is 6.94. The third kappa shape index (κ3) is 3.24. The molecule has 0 fully saturated rings. The molecule has 0 aliphatic heterocycles. The summed E-state index contributed by atoms with van der Waals surface area (Å²) >= 11 is 0. The average molecular weight is 249 g/mol. The Morgan fingerprint density at radius 2 is 2.28 bits per heavy atom. The van der Waals surface area contributed by atoms with Gasteiger partial charge in [-0.1, -0.05) is 19.1 Å². The van der Waals surface area contributed by atoms with E-state index in [1.807, 2.05) is 6.07 Å². The number of phenolic OH excluding ortho intramolecular Hbond substituents is 1. The van der Waals surface area contributed by atoms with Crippen LogP contribution in [0.15, 0.2) is 18.2 Å². The molecule has 0 heterocycles. The fraction of sp³-hybridized carbons (Fsp3) is 0.600. The van der Waals surface area contributed by atoms with Gasteiger partial charge in [-0.05, 0) is 49.4 Å². The van der Waals surface area contributed by atoms with Gasteiger partial charge in [0.1, 0.15) is 5.75 Å². The molecule has 0 saturated heterocycles. The Labute approximate surface area is 109 Å². The molecule has 100 valence electrons. The maximum atomic E-state index is 9.77. The first-order valence-electron chi connectivity index (χ1n) is 6.94. The van der Waals surface area contributed by atoms with Crippen LogP contribution in [0.4, 0.5) is 0 Å². The van der Waals surface area contributed by atoms with Gasteiger partial charge >= 0.3 is 0 Å². The van der Waals surface area contributed by atoms with Gasteiger partial charge in [-0.15, -0.1) is 0 Å². The smallest absolute Gasteiger partial charge is 0.119 e. The molecule has 1 aliphatic carbocycles. The summed E-state index contributed by atoms with van der Waals surface area (Å²) in [6, 6.07) is 6.23. The Bertz CT molecular complexity index is 379. The van der Waals surface area contributed by atoms with Crippen LogP contribution in [0, 0.1) is 0 Å². The largest absolute Gasteiger partial charge is 0.508 e. The van der Waals surface area contributed by atoms with Crippen molar-refractivity contribution in [2.45, 2.75) is 38.6 Å². The fourth-order valence-corrected chi connectivity index (χ4v) is 2.54. The van der Waals surface area contributed by atoms with Gasteiger partial charge < -0.3 is 15.2 Å². The molecule has 3 nitrogen and oxygen atoms in total. The molecule has 1 unspecified atom stereocenters. The number of hydrogen-bond donors (Lipinski definition) is 2. The summed E-state index contributed by atoms with van der Waals surface area (Å²) in [6.07, 6.45) is 4.20. The molecule has 1 aromatic rings. The molecular formula is C15H23NO2. The average Bonchev–Trinajstić information content (AvgIpc) is 2.79. The predicted molar refractivity (Wildman–Crippen MR) is 72.9 cm³/mol. The lowest BCUT2D eigenvalue weighted by molar-refractivity contribution is 0.131. The van der Waals surface area contributed by atoms with Gasteiger partial charge in [0, 0.05) is 19.3 Å². The first kappa shape index (κ1) is 13.4. The molecular weight excluding hydrogens is 226 g/mol. The van der Waals surface area contributed by atoms with Crippen LogP contribution in [0.2, 0.25) is 0 Å². The molecule has 3 heteroatoms. The molecule has 0 bridgehead atoms. The second kappa shape index (κ2) is 6.76.